The first-order chi connectivity index (χ1) is 7.63. The Morgan fingerprint density at radius 1 is 1.31 bits per heavy atom. The smallest absolute Gasteiger partial charge is 0.122 e. The highest BCUT2D eigenvalue weighted by Gasteiger charge is 2.12. The fraction of sp³-hybridized carbons (Fsp3) is 0.500. The highest BCUT2D eigenvalue weighted by Crippen LogP contribution is 2.28. The van der Waals surface area contributed by atoms with Crippen molar-refractivity contribution in [1.82, 2.24) is 10.7 Å². The van der Waals surface area contributed by atoms with Crippen LogP contribution in [0.2, 0.25) is 0 Å². The Balaban J connectivity index is 3.10. The Labute approximate surface area is 97.1 Å². The number of hydrogen-bond acceptors (Lipinski definition) is 4. The predicted molar refractivity (Wildman–Crippen MR) is 66.2 cm³/mol. The van der Waals surface area contributed by atoms with Crippen LogP contribution >= 0.6 is 0 Å². The zero-order valence-electron chi connectivity index (χ0n) is 10.4. The topological polar surface area (TPSA) is 59.3 Å². The Hall–Kier alpha value is -1.10. The van der Waals surface area contributed by atoms with Gasteiger partial charge in [0.15, 0.2) is 0 Å². The van der Waals surface area contributed by atoms with Crippen LogP contribution in [-0.4, -0.2) is 14.2 Å². The third kappa shape index (κ3) is 2.72. The van der Waals surface area contributed by atoms with E-state index in [9.17, 15) is 0 Å². The summed E-state index contributed by atoms with van der Waals surface area (Å²) in [5.41, 5.74) is 5.02. The van der Waals surface area contributed by atoms with Crippen molar-refractivity contribution in [3.63, 3.8) is 0 Å². The molecule has 1 aromatic carbocycles. The van der Waals surface area contributed by atoms with Gasteiger partial charge in [0.1, 0.15) is 5.75 Å². The number of hydrogen-bond donors (Lipinski definition) is 3. The van der Waals surface area contributed by atoms with Gasteiger partial charge in [-0.1, -0.05) is 19.9 Å². The largest absolute Gasteiger partial charge is 0.496 e. The van der Waals surface area contributed by atoms with Gasteiger partial charge in [0.05, 0.1) is 13.3 Å². The van der Waals surface area contributed by atoms with E-state index in [4.69, 9.17) is 10.6 Å². The molecule has 4 nitrogen and oxygen atoms in total. The van der Waals surface area contributed by atoms with Gasteiger partial charge >= 0.3 is 0 Å². The van der Waals surface area contributed by atoms with Crippen LogP contribution in [0.5, 0.6) is 5.75 Å². The summed E-state index contributed by atoms with van der Waals surface area (Å²) < 4.78 is 5.34. The van der Waals surface area contributed by atoms with Crippen molar-refractivity contribution in [2.75, 3.05) is 14.2 Å². The maximum absolute atomic E-state index is 5.47. The Kier molecular flexibility index (Phi) is 4.73. The zero-order valence-corrected chi connectivity index (χ0v) is 10.4. The quantitative estimate of drug-likeness (QED) is 0.402. The molecule has 0 amide bonds. The average molecular weight is 223 g/mol. The van der Waals surface area contributed by atoms with Crippen molar-refractivity contribution in [1.29, 1.82) is 0 Å². The molecule has 0 heterocycles. The third-order valence-corrected chi connectivity index (χ3v) is 2.66. The van der Waals surface area contributed by atoms with Gasteiger partial charge in [0, 0.05) is 0 Å². The summed E-state index contributed by atoms with van der Waals surface area (Å²) in [5.74, 6) is 6.81. The minimum atomic E-state index is -0.0385. The van der Waals surface area contributed by atoms with Crippen LogP contribution in [0.3, 0.4) is 0 Å². The molecule has 1 rings (SSSR count). The molecule has 0 bridgehead atoms. The van der Waals surface area contributed by atoms with Gasteiger partial charge in [-0.05, 0) is 36.2 Å². The molecule has 1 aromatic rings. The van der Waals surface area contributed by atoms with Crippen molar-refractivity contribution in [3.8, 4) is 5.75 Å². The van der Waals surface area contributed by atoms with E-state index in [0.717, 1.165) is 11.3 Å². The maximum atomic E-state index is 5.47. The standard InChI is InChI=1S/C12H21N3O/c1-8(2)10-7-9(12(14-3)15-13)5-6-11(10)16-4/h5-8,12,14-15H,13H2,1-4H3. The second-order valence-corrected chi connectivity index (χ2v) is 4.04. The Morgan fingerprint density at radius 2 is 2.00 bits per heavy atom. The van der Waals surface area contributed by atoms with Gasteiger partial charge in [0.25, 0.3) is 0 Å². The van der Waals surface area contributed by atoms with Crippen LogP contribution < -0.4 is 21.3 Å². The third-order valence-electron chi connectivity index (χ3n) is 2.66. The lowest BCUT2D eigenvalue weighted by Crippen LogP contribution is -2.36. The number of benzene rings is 1. The van der Waals surface area contributed by atoms with E-state index in [0.29, 0.717) is 5.92 Å². The SMILES string of the molecule is CNC(NN)c1ccc(OC)c(C(C)C)c1. The number of ether oxygens (including phenoxy) is 1. The van der Waals surface area contributed by atoms with E-state index in [2.05, 4.69) is 30.7 Å². The lowest BCUT2D eigenvalue weighted by atomic mass is 9.98. The monoisotopic (exact) mass is 223 g/mol. The van der Waals surface area contributed by atoms with E-state index in [1.165, 1.54) is 5.56 Å². The van der Waals surface area contributed by atoms with E-state index in [-0.39, 0.29) is 6.17 Å². The molecule has 0 aliphatic carbocycles. The lowest BCUT2D eigenvalue weighted by Gasteiger charge is -2.19. The number of hydrazine groups is 1. The fourth-order valence-electron chi connectivity index (χ4n) is 1.73. The van der Waals surface area contributed by atoms with Crippen LogP contribution in [-0.2, 0) is 0 Å². The predicted octanol–water partition coefficient (Wildman–Crippen LogP) is 1.50. The first-order valence-electron chi connectivity index (χ1n) is 5.45. The summed E-state index contributed by atoms with van der Waals surface area (Å²) in [6, 6.07) is 6.10. The Bertz CT molecular complexity index is 335. The van der Waals surface area contributed by atoms with Crippen LogP contribution in [0, 0.1) is 0 Å². The van der Waals surface area contributed by atoms with E-state index in [1.807, 2.05) is 19.2 Å². The fourth-order valence-corrected chi connectivity index (χ4v) is 1.73. The molecule has 0 aromatic heterocycles. The highest BCUT2D eigenvalue weighted by molar-refractivity contribution is 5.40. The zero-order chi connectivity index (χ0) is 12.1. The molecule has 0 spiro atoms. The van der Waals surface area contributed by atoms with Gasteiger partial charge in [-0.2, -0.15) is 0 Å². The van der Waals surface area contributed by atoms with E-state index < -0.39 is 0 Å². The molecular weight excluding hydrogens is 202 g/mol. The molecule has 4 heteroatoms. The molecule has 0 saturated heterocycles. The Morgan fingerprint density at radius 3 is 2.44 bits per heavy atom. The van der Waals surface area contributed by atoms with Crippen molar-refractivity contribution in [2.45, 2.75) is 25.9 Å². The van der Waals surface area contributed by atoms with Gasteiger partial charge in [-0.25, -0.2) is 5.43 Å². The second kappa shape index (κ2) is 5.84. The van der Waals surface area contributed by atoms with Gasteiger partial charge in [0.2, 0.25) is 0 Å². The second-order valence-electron chi connectivity index (χ2n) is 4.04. The molecular formula is C12H21N3O. The summed E-state index contributed by atoms with van der Waals surface area (Å²) in [7, 11) is 3.56. The van der Waals surface area contributed by atoms with Crippen molar-refractivity contribution < 1.29 is 4.74 Å². The van der Waals surface area contributed by atoms with Gasteiger partial charge in [-0.3, -0.25) is 5.84 Å². The normalized spacial score (nSPS) is 12.9. The average Bonchev–Trinajstić information content (AvgIpc) is 2.30. The van der Waals surface area contributed by atoms with E-state index >= 15 is 0 Å². The van der Waals surface area contributed by atoms with Crippen molar-refractivity contribution >= 4 is 0 Å². The first kappa shape index (κ1) is 13.0. The summed E-state index contributed by atoms with van der Waals surface area (Å²) in [4.78, 5) is 0. The van der Waals surface area contributed by atoms with Crippen LogP contribution in [0.1, 0.15) is 37.1 Å². The summed E-state index contributed by atoms with van der Waals surface area (Å²) in [5, 5.41) is 3.09. The number of rotatable bonds is 5. The lowest BCUT2D eigenvalue weighted by molar-refractivity contribution is 0.406. The minimum absolute atomic E-state index is 0.0385. The molecule has 0 radical (unpaired) electrons. The first-order valence-corrected chi connectivity index (χ1v) is 5.45. The molecule has 0 aliphatic heterocycles. The number of nitrogens with one attached hydrogen (secondary N) is 2. The molecule has 0 saturated carbocycles. The van der Waals surface area contributed by atoms with Crippen molar-refractivity contribution in [2.24, 2.45) is 5.84 Å². The van der Waals surface area contributed by atoms with Crippen LogP contribution in [0.4, 0.5) is 0 Å². The van der Waals surface area contributed by atoms with E-state index in [1.54, 1.807) is 7.11 Å². The minimum Gasteiger partial charge on any atom is -0.496 e. The highest BCUT2D eigenvalue weighted by atomic mass is 16.5. The molecule has 1 atom stereocenters. The van der Waals surface area contributed by atoms with Crippen LogP contribution in [0.25, 0.3) is 0 Å². The van der Waals surface area contributed by atoms with Crippen molar-refractivity contribution in [3.05, 3.63) is 29.3 Å². The van der Waals surface area contributed by atoms with Crippen LogP contribution in [0.15, 0.2) is 18.2 Å². The van der Waals surface area contributed by atoms with Gasteiger partial charge in [-0.15, -0.1) is 0 Å². The number of methoxy groups -OCH3 is 1. The van der Waals surface area contributed by atoms with Gasteiger partial charge < -0.3 is 10.1 Å². The molecule has 4 N–H and O–H groups in total. The maximum Gasteiger partial charge on any atom is 0.122 e. The summed E-state index contributed by atoms with van der Waals surface area (Å²) in [6.07, 6.45) is -0.0385. The summed E-state index contributed by atoms with van der Waals surface area (Å²) >= 11 is 0. The number of nitrogens with two attached hydrogens (primary N) is 1. The molecule has 16 heavy (non-hydrogen) atoms. The molecule has 1 unspecified atom stereocenters. The molecule has 0 fully saturated rings. The summed E-state index contributed by atoms with van der Waals surface area (Å²) in [6.45, 7) is 4.29. The molecule has 0 aliphatic rings. The molecule has 90 valence electrons.